The van der Waals surface area contributed by atoms with E-state index in [4.69, 9.17) is 0 Å². The molecule has 1 amide bonds. The molecule has 0 saturated carbocycles. The van der Waals surface area contributed by atoms with E-state index in [1.54, 1.807) is 0 Å². The van der Waals surface area contributed by atoms with Gasteiger partial charge in [-0.15, -0.1) is 12.4 Å². The van der Waals surface area contributed by atoms with Gasteiger partial charge in [0.15, 0.2) is 0 Å². The third-order valence-electron chi connectivity index (χ3n) is 3.83. The van der Waals surface area contributed by atoms with Gasteiger partial charge in [-0.2, -0.15) is 0 Å². The zero-order valence-electron chi connectivity index (χ0n) is 12.1. The van der Waals surface area contributed by atoms with Crippen LogP contribution in [0, 0.1) is 5.92 Å². The van der Waals surface area contributed by atoms with Crippen LogP contribution < -0.4 is 5.32 Å². The van der Waals surface area contributed by atoms with E-state index in [9.17, 15) is 4.79 Å². The highest BCUT2D eigenvalue weighted by Gasteiger charge is 2.24. The lowest BCUT2D eigenvalue weighted by Crippen LogP contribution is -2.52. The number of amides is 1. The molecule has 0 radical (unpaired) electrons. The topological polar surface area (TPSA) is 32.3 Å². The second-order valence-corrected chi connectivity index (χ2v) is 5.26. The molecule has 0 bridgehead atoms. The largest absolute Gasteiger partial charge is 0.337 e. The van der Waals surface area contributed by atoms with E-state index in [1.807, 2.05) is 0 Å². The fourth-order valence-electron chi connectivity index (χ4n) is 2.52. The molecule has 0 aromatic heterocycles. The van der Waals surface area contributed by atoms with E-state index in [0.29, 0.717) is 17.9 Å². The number of carbonyl (C=O) groups excluding carboxylic acids is 1. The average molecular weight is 277 g/mol. The molecule has 2 unspecified atom stereocenters. The number of halogens is 1. The van der Waals surface area contributed by atoms with Gasteiger partial charge in [0.2, 0.25) is 5.91 Å². The lowest BCUT2D eigenvalue weighted by atomic mass is 9.95. The molecule has 1 fully saturated rings. The quantitative estimate of drug-likeness (QED) is 0.809. The lowest BCUT2D eigenvalue weighted by Gasteiger charge is -2.35. The molecule has 1 N–H and O–H groups in total. The van der Waals surface area contributed by atoms with E-state index in [-0.39, 0.29) is 12.4 Å². The van der Waals surface area contributed by atoms with Crippen LogP contribution in [0.15, 0.2) is 0 Å². The first-order valence-corrected chi connectivity index (χ1v) is 7.19. The van der Waals surface area contributed by atoms with Gasteiger partial charge < -0.3 is 10.2 Å². The highest BCUT2D eigenvalue weighted by Crippen LogP contribution is 2.19. The maximum Gasteiger partial charge on any atom is 0.223 e. The zero-order valence-corrected chi connectivity index (χ0v) is 12.9. The van der Waals surface area contributed by atoms with Crippen LogP contribution >= 0.6 is 12.4 Å². The average Bonchev–Trinajstić information content (AvgIpc) is 2.34. The highest BCUT2D eigenvalue weighted by molar-refractivity contribution is 5.85. The Hall–Kier alpha value is -0.280. The predicted octanol–water partition coefficient (Wildman–Crippen LogP) is 2.84. The molecule has 0 spiro atoms. The van der Waals surface area contributed by atoms with Gasteiger partial charge in [0.25, 0.3) is 0 Å². The third-order valence-corrected chi connectivity index (χ3v) is 3.83. The van der Waals surface area contributed by atoms with Gasteiger partial charge in [-0.3, -0.25) is 4.79 Å². The number of piperazine rings is 1. The molecule has 1 saturated heterocycles. The number of carbonyl (C=O) groups is 1. The Bertz CT molecular complexity index is 236. The van der Waals surface area contributed by atoms with Crippen LogP contribution in [0.2, 0.25) is 0 Å². The van der Waals surface area contributed by atoms with Crippen molar-refractivity contribution in [3.05, 3.63) is 0 Å². The van der Waals surface area contributed by atoms with Crippen molar-refractivity contribution in [2.24, 2.45) is 5.92 Å². The number of nitrogens with one attached hydrogen (secondary N) is 1. The first-order chi connectivity index (χ1) is 8.19. The molecule has 0 aliphatic carbocycles. The fourth-order valence-corrected chi connectivity index (χ4v) is 2.52. The van der Waals surface area contributed by atoms with Crippen molar-refractivity contribution in [2.75, 3.05) is 19.6 Å². The van der Waals surface area contributed by atoms with Crippen molar-refractivity contribution in [3.8, 4) is 0 Å². The Labute approximate surface area is 118 Å². The minimum absolute atomic E-state index is 0. The molecule has 4 heteroatoms. The van der Waals surface area contributed by atoms with Crippen molar-refractivity contribution in [1.82, 2.24) is 10.2 Å². The van der Waals surface area contributed by atoms with Crippen LogP contribution in [0.1, 0.15) is 52.9 Å². The molecular weight excluding hydrogens is 248 g/mol. The highest BCUT2D eigenvalue weighted by atomic mass is 35.5. The SMILES string of the molecule is CCCCC(CC)CC(=O)N1CCNCC1C.Cl. The maximum absolute atomic E-state index is 12.2. The Balaban J connectivity index is 0.00000289. The summed E-state index contributed by atoms with van der Waals surface area (Å²) in [7, 11) is 0. The van der Waals surface area contributed by atoms with Crippen LogP contribution in [0.4, 0.5) is 0 Å². The molecule has 18 heavy (non-hydrogen) atoms. The molecule has 2 atom stereocenters. The number of nitrogens with zero attached hydrogens (tertiary/aromatic N) is 1. The Morgan fingerprint density at radius 1 is 1.44 bits per heavy atom. The molecule has 1 aliphatic heterocycles. The standard InChI is InChI=1S/C14H28N2O.ClH/c1-4-6-7-13(5-2)10-14(17)16-9-8-15-11-12(16)3;/h12-13,15H,4-11H2,1-3H3;1H. The predicted molar refractivity (Wildman–Crippen MR) is 79.2 cm³/mol. The molecule has 0 aromatic rings. The molecule has 1 aliphatic rings. The molecular formula is C14H29ClN2O. The van der Waals surface area contributed by atoms with Gasteiger partial charge >= 0.3 is 0 Å². The van der Waals surface area contributed by atoms with Crippen LogP contribution in [0.25, 0.3) is 0 Å². The molecule has 1 rings (SSSR count). The number of hydrogen-bond acceptors (Lipinski definition) is 2. The van der Waals surface area contributed by atoms with E-state index >= 15 is 0 Å². The summed E-state index contributed by atoms with van der Waals surface area (Å²) in [5.74, 6) is 0.950. The maximum atomic E-state index is 12.2. The van der Waals surface area contributed by atoms with Gasteiger partial charge in [-0.05, 0) is 19.3 Å². The van der Waals surface area contributed by atoms with Gasteiger partial charge in [0, 0.05) is 32.1 Å². The van der Waals surface area contributed by atoms with Crippen LogP contribution in [0.3, 0.4) is 0 Å². The second-order valence-electron chi connectivity index (χ2n) is 5.26. The summed E-state index contributed by atoms with van der Waals surface area (Å²) in [4.78, 5) is 14.3. The van der Waals surface area contributed by atoms with Crippen molar-refractivity contribution >= 4 is 18.3 Å². The molecule has 0 aromatic carbocycles. The van der Waals surface area contributed by atoms with Gasteiger partial charge in [-0.25, -0.2) is 0 Å². The minimum atomic E-state index is 0. The van der Waals surface area contributed by atoms with E-state index in [1.165, 1.54) is 19.3 Å². The first kappa shape index (κ1) is 17.7. The Morgan fingerprint density at radius 2 is 2.17 bits per heavy atom. The van der Waals surface area contributed by atoms with Crippen molar-refractivity contribution in [2.45, 2.75) is 58.9 Å². The number of unbranched alkanes of at least 4 members (excludes halogenated alkanes) is 1. The number of hydrogen-bond donors (Lipinski definition) is 1. The zero-order chi connectivity index (χ0) is 12.7. The second kappa shape index (κ2) is 9.62. The Morgan fingerprint density at radius 3 is 2.72 bits per heavy atom. The van der Waals surface area contributed by atoms with Gasteiger partial charge in [0.1, 0.15) is 0 Å². The van der Waals surface area contributed by atoms with Crippen molar-refractivity contribution in [1.29, 1.82) is 0 Å². The van der Waals surface area contributed by atoms with Crippen LogP contribution in [-0.4, -0.2) is 36.5 Å². The van der Waals surface area contributed by atoms with Crippen LogP contribution in [0.5, 0.6) is 0 Å². The van der Waals surface area contributed by atoms with E-state index in [0.717, 1.165) is 32.5 Å². The summed E-state index contributed by atoms with van der Waals surface area (Å²) in [6, 6.07) is 0.361. The van der Waals surface area contributed by atoms with Gasteiger partial charge in [0.05, 0.1) is 0 Å². The smallest absolute Gasteiger partial charge is 0.223 e. The van der Waals surface area contributed by atoms with Gasteiger partial charge in [-0.1, -0.05) is 33.1 Å². The number of rotatable bonds is 6. The molecule has 108 valence electrons. The summed E-state index contributed by atoms with van der Waals surface area (Å²) in [6.07, 6.45) is 5.57. The van der Waals surface area contributed by atoms with Crippen molar-refractivity contribution in [3.63, 3.8) is 0 Å². The monoisotopic (exact) mass is 276 g/mol. The summed E-state index contributed by atoms with van der Waals surface area (Å²) < 4.78 is 0. The summed E-state index contributed by atoms with van der Waals surface area (Å²) in [6.45, 7) is 9.32. The van der Waals surface area contributed by atoms with Crippen LogP contribution in [-0.2, 0) is 4.79 Å². The summed E-state index contributed by atoms with van der Waals surface area (Å²) in [5, 5.41) is 3.33. The summed E-state index contributed by atoms with van der Waals surface area (Å²) >= 11 is 0. The lowest BCUT2D eigenvalue weighted by molar-refractivity contribution is -0.135. The Kier molecular flexibility index (Phi) is 9.47. The first-order valence-electron chi connectivity index (χ1n) is 7.19. The van der Waals surface area contributed by atoms with E-state index in [2.05, 4.69) is 31.0 Å². The molecule has 1 heterocycles. The third kappa shape index (κ3) is 5.57. The fraction of sp³-hybridized carbons (Fsp3) is 0.929. The normalized spacial score (nSPS) is 21.3. The minimum Gasteiger partial charge on any atom is -0.337 e. The molecule has 3 nitrogen and oxygen atoms in total. The van der Waals surface area contributed by atoms with E-state index < -0.39 is 0 Å². The summed E-state index contributed by atoms with van der Waals surface area (Å²) in [5.41, 5.74) is 0. The van der Waals surface area contributed by atoms with Crippen molar-refractivity contribution < 1.29 is 4.79 Å².